The smallest absolute Gasteiger partial charge is 0.251 e. The number of hydrogen-bond donors (Lipinski definition) is 1. The summed E-state index contributed by atoms with van der Waals surface area (Å²) in [5.41, 5.74) is 3.53. The Hall–Kier alpha value is -3.45. The molecule has 7 heteroatoms. The van der Waals surface area contributed by atoms with E-state index in [1.54, 1.807) is 6.26 Å². The predicted molar refractivity (Wildman–Crippen MR) is 111 cm³/mol. The molecule has 2 aromatic carbocycles. The number of nitrogens with zero attached hydrogens (tertiary/aromatic N) is 4. The van der Waals surface area contributed by atoms with Crippen molar-refractivity contribution in [3.63, 3.8) is 0 Å². The molecule has 0 spiro atoms. The van der Waals surface area contributed by atoms with Gasteiger partial charge in [0, 0.05) is 12.1 Å². The summed E-state index contributed by atoms with van der Waals surface area (Å²) in [4.78, 5) is 14.6. The molecule has 0 radical (unpaired) electrons. The maximum absolute atomic E-state index is 12.6. The SMILES string of the molecule is CN(C)[C@@H](CNC(=O)c1ccc(Cn2nnc3ccccc32)cc1)c1ccco1. The van der Waals surface area contributed by atoms with Crippen LogP contribution in [0.1, 0.15) is 27.7 Å². The number of amides is 1. The molecule has 2 heterocycles. The van der Waals surface area contributed by atoms with Gasteiger partial charge in [0.1, 0.15) is 11.3 Å². The van der Waals surface area contributed by atoms with E-state index < -0.39 is 0 Å². The molecule has 1 amide bonds. The standard InChI is InChI=1S/C22H23N5O2/c1-26(2)20(21-8-5-13-29-21)14-23-22(28)17-11-9-16(10-12-17)15-27-19-7-4-3-6-18(19)24-25-27/h3-13,20H,14-15H2,1-2H3,(H,23,28)/t20-/m0/s1. The second-order valence-corrected chi connectivity index (χ2v) is 7.14. The van der Waals surface area contributed by atoms with Crippen molar-refractivity contribution in [2.24, 2.45) is 0 Å². The average Bonchev–Trinajstić information content (AvgIpc) is 3.39. The number of para-hydroxylation sites is 1. The van der Waals surface area contributed by atoms with Gasteiger partial charge in [-0.3, -0.25) is 9.69 Å². The summed E-state index contributed by atoms with van der Waals surface area (Å²) in [6.45, 7) is 1.07. The number of carbonyl (C=O) groups is 1. The molecule has 2 aromatic heterocycles. The maximum atomic E-state index is 12.6. The lowest BCUT2D eigenvalue weighted by Gasteiger charge is -2.22. The monoisotopic (exact) mass is 389 g/mol. The lowest BCUT2D eigenvalue weighted by Crippen LogP contribution is -2.34. The van der Waals surface area contributed by atoms with Crippen LogP contribution in [0.2, 0.25) is 0 Å². The van der Waals surface area contributed by atoms with Crippen molar-refractivity contribution in [3.05, 3.63) is 83.8 Å². The second kappa shape index (κ2) is 8.28. The van der Waals surface area contributed by atoms with E-state index in [0.29, 0.717) is 18.7 Å². The highest BCUT2D eigenvalue weighted by atomic mass is 16.3. The summed E-state index contributed by atoms with van der Waals surface area (Å²) < 4.78 is 7.34. The Morgan fingerprint density at radius 2 is 1.90 bits per heavy atom. The van der Waals surface area contributed by atoms with Crippen LogP contribution in [-0.4, -0.2) is 46.4 Å². The summed E-state index contributed by atoms with van der Waals surface area (Å²) in [5.74, 6) is 0.715. The zero-order chi connectivity index (χ0) is 20.2. The van der Waals surface area contributed by atoms with Crippen LogP contribution in [0, 0.1) is 0 Å². The number of hydrogen-bond acceptors (Lipinski definition) is 5. The maximum Gasteiger partial charge on any atom is 0.251 e. The minimum Gasteiger partial charge on any atom is -0.468 e. The lowest BCUT2D eigenvalue weighted by molar-refractivity contribution is 0.0939. The molecular weight excluding hydrogens is 366 g/mol. The van der Waals surface area contributed by atoms with Crippen LogP contribution in [0.15, 0.2) is 71.3 Å². The fourth-order valence-electron chi connectivity index (χ4n) is 3.28. The number of likely N-dealkylation sites (N-methyl/N-ethyl adjacent to an activating group) is 1. The molecule has 0 saturated heterocycles. The van der Waals surface area contributed by atoms with Crippen molar-refractivity contribution >= 4 is 16.9 Å². The molecule has 7 nitrogen and oxygen atoms in total. The Balaban J connectivity index is 1.40. The first-order valence-electron chi connectivity index (χ1n) is 9.47. The highest BCUT2D eigenvalue weighted by Crippen LogP contribution is 2.18. The predicted octanol–water partition coefficient (Wildman–Crippen LogP) is 3.11. The van der Waals surface area contributed by atoms with E-state index in [4.69, 9.17) is 4.42 Å². The van der Waals surface area contributed by atoms with Gasteiger partial charge >= 0.3 is 0 Å². The van der Waals surface area contributed by atoms with E-state index in [1.165, 1.54) is 0 Å². The number of nitrogens with one attached hydrogen (secondary N) is 1. The van der Waals surface area contributed by atoms with Crippen LogP contribution in [0.25, 0.3) is 11.0 Å². The molecule has 1 N–H and O–H groups in total. The van der Waals surface area contributed by atoms with Gasteiger partial charge in [0.2, 0.25) is 0 Å². The van der Waals surface area contributed by atoms with Gasteiger partial charge in [-0.2, -0.15) is 0 Å². The highest BCUT2D eigenvalue weighted by Gasteiger charge is 2.18. The first-order valence-corrected chi connectivity index (χ1v) is 9.47. The summed E-state index contributed by atoms with van der Waals surface area (Å²) in [5, 5.41) is 11.4. The normalized spacial score (nSPS) is 12.4. The third kappa shape index (κ3) is 4.20. The van der Waals surface area contributed by atoms with Gasteiger partial charge < -0.3 is 9.73 Å². The first-order chi connectivity index (χ1) is 14.1. The summed E-state index contributed by atoms with van der Waals surface area (Å²) in [7, 11) is 3.92. The summed E-state index contributed by atoms with van der Waals surface area (Å²) in [6.07, 6.45) is 1.64. The van der Waals surface area contributed by atoms with Crippen molar-refractivity contribution in [1.82, 2.24) is 25.2 Å². The average molecular weight is 389 g/mol. The van der Waals surface area contributed by atoms with Gasteiger partial charge in [-0.25, -0.2) is 4.68 Å². The van der Waals surface area contributed by atoms with Crippen LogP contribution in [0.3, 0.4) is 0 Å². The van der Waals surface area contributed by atoms with Gasteiger partial charge in [-0.15, -0.1) is 5.10 Å². The van der Waals surface area contributed by atoms with Crippen LogP contribution in [-0.2, 0) is 6.54 Å². The second-order valence-electron chi connectivity index (χ2n) is 7.14. The molecule has 0 aliphatic carbocycles. The molecule has 148 valence electrons. The first kappa shape index (κ1) is 18.9. The number of furan rings is 1. The summed E-state index contributed by atoms with van der Waals surface area (Å²) in [6, 6.07) is 19.2. The molecule has 29 heavy (non-hydrogen) atoms. The minimum atomic E-state index is -0.110. The molecule has 0 fully saturated rings. The third-order valence-electron chi connectivity index (χ3n) is 4.92. The van der Waals surface area contributed by atoms with Gasteiger partial charge in [0.15, 0.2) is 0 Å². The Kier molecular flexibility index (Phi) is 5.39. The molecule has 0 unspecified atom stereocenters. The fraction of sp³-hybridized carbons (Fsp3) is 0.227. The summed E-state index contributed by atoms with van der Waals surface area (Å²) >= 11 is 0. The van der Waals surface area contributed by atoms with Crippen LogP contribution >= 0.6 is 0 Å². The molecule has 0 bridgehead atoms. The molecule has 0 aliphatic heterocycles. The van der Waals surface area contributed by atoms with E-state index in [2.05, 4.69) is 15.6 Å². The third-order valence-corrected chi connectivity index (χ3v) is 4.92. The van der Waals surface area contributed by atoms with E-state index in [-0.39, 0.29) is 11.9 Å². The molecule has 0 saturated carbocycles. The Bertz CT molecular complexity index is 1080. The van der Waals surface area contributed by atoms with Crippen molar-refractivity contribution in [2.45, 2.75) is 12.6 Å². The highest BCUT2D eigenvalue weighted by molar-refractivity contribution is 5.94. The topological polar surface area (TPSA) is 76.2 Å². The van der Waals surface area contributed by atoms with E-state index in [9.17, 15) is 4.79 Å². The van der Waals surface area contributed by atoms with E-state index in [1.807, 2.05) is 84.3 Å². The van der Waals surface area contributed by atoms with Crippen molar-refractivity contribution in [3.8, 4) is 0 Å². The van der Waals surface area contributed by atoms with Crippen LogP contribution in [0.5, 0.6) is 0 Å². The largest absolute Gasteiger partial charge is 0.468 e. The number of benzene rings is 2. The van der Waals surface area contributed by atoms with Crippen molar-refractivity contribution in [2.75, 3.05) is 20.6 Å². The van der Waals surface area contributed by atoms with Crippen LogP contribution < -0.4 is 5.32 Å². The van der Waals surface area contributed by atoms with Crippen LogP contribution in [0.4, 0.5) is 0 Å². The minimum absolute atomic E-state index is 0.0196. The zero-order valence-corrected chi connectivity index (χ0v) is 16.4. The Labute approximate surface area is 168 Å². The van der Waals surface area contributed by atoms with Gasteiger partial charge in [0.05, 0.1) is 24.4 Å². The van der Waals surface area contributed by atoms with Crippen molar-refractivity contribution in [1.29, 1.82) is 0 Å². The molecule has 1 atom stereocenters. The molecule has 4 aromatic rings. The molecular formula is C22H23N5O2. The van der Waals surface area contributed by atoms with Gasteiger partial charge in [-0.05, 0) is 56.1 Å². The van der Waals surface area contributed by atoms with E-state index in [0.717, 1.165) is 22.4 Å². The van der Waals surface area contributed by atoms with Gasteiger partial charge in [-0.1, -0.05) is 29.5 Å². The zero-order valence-electron chi connectivity index (χ0n) is 16.4. The lowest BCUT2D eigenvalue weighted by atomic mass is 10.1. The Morgan fingerprint density at radius 1 is 1.10 bits per heavy atom. The fourth-order valence-corrected chi connectivity index (χ4v) is 3.28. The molecule has 0 aliphatic rings. The quantitative estimate of drug-likeness (QED) is 0.526. The number of rotatable bonds is 7. The molecule has 4 rings (SSSR count). The van der Waals surface area contributed by atoms with Gasteiger partial charge in [0.25, 0.3) is 5.91 Å². The van der Waals surface area contributed by atoms with E-state index >= 15 is 0 Å². The number of aromatic nitrogens is 3. The number of carbonyl (C=O) groups excluding carboxylic acids is 1. The van der Waals surface area contributed by atoms with Crippen molar-refractivity contribution < 1.29 is 9.21 Å². The Morgan fingerprint density at radius 3 is 2.62 bits per heavy atom. The number of fused-ring (bicyclic) bond motifs is 1.